The second-order valence-corrected chi connectivity index (χ2v) is 7.13. The lowest BCUT2D eigenvalue weighted by molar-refractivity contribution is -0.119. The van der Waals surface area contributed by atoms with Crippen LogP contribution in [0.2, 0.25) is 0 Å². The third kappa shape index (κ3) is 4.44. The molecule has 166 valence electrons. The zero-order valence-electron chi connectivity index (χ0n) is 18.1. The average molecular weight is 429 g/mol. The Labute approximate surface area is 181 Å². The molecule has 0 fully saturated rings. The summed E-state index contributed by atoms with van der Waals surface area (Å²) in [5, 5.41) is 11.9. The molecule has 0 radical (unpaired) electrons. The first-order valence-corrected chi connectivity index (χ1v) is 9.96. The number of fused-ring (bicyclic) bond motifs is 3. The molecule has 0 saturated carbocycles. The van der Waals surface area contributed by atoms with Crippen molar-refractivity contribution in [1.29, 1.82) is 0 Å². The number of aliphatic hydroxyl groups excluding tert-OH is 1. The van der Waals surface area contributed by atoms with Crippen LogP contribution in [-0.4, -0.2) is 51.5 Å². The maximum Gasteiger partial charge on any atom is 0.338 e. The van der Waals surface area contributed by atoms with E-state index in [0.717, 1.165) is 22.3 Å². The smallest absolute Gasteiger partial charge is 0.338 e. The van der Waals surface area contributed by atoms with Crippen molar-refractivity contribution in [3.8, 4) is 28.4 Å². The molecule has 1 unspecified atom stereocenters. The molecule has 0 aromatic heterocycles. The van der Waals surface area contributed by atoms with Gasteiger partial charge in [0.25, 0.3) is 0 Å². The Bertz CT molecular complexity index is 986. The molecule has 31 heavy (non-hydrogen) atoms. The van der Waals surface area contributed by atoms with Gasteiger partial charge in [-0.2, -0.15) is 0 Å². The number of amides is 1. The molecule has 1 aliphatic carbocycles. The quantitative estimate of drug-likeness (QED) is 0.652. The molecule has 2 N–H and O–H groups in total. The molecule has 2 aromatic rings. The minimum absolute atomic E-state index is 0.0846. The summed E-state index contributed by atoms with van der Waals surface area (Å²) in [6.45, 7) is 1.12. The van der Waals surface area contributed by atoms with Gasteiger partial charge in [-0.1, -0.05) is 6.07 Å². The van der Waals surface area contributed by atoms with Crippen molar-refractivity contribution in [3.63, 3.8) is 0 Å². The van der Waals surface area contributed by atoms with Crippen LogP contribution in [0.4, 0.5) is 0 Å². The van der Waals surface area contributed by atoms with Crippen LogP contribution >= 0.6 is 0 Å². The molecule has 0 bridgehead atoms. The van der Waals surface area contributed by atoms with Crippen LogP contribution in [0.5, 0.6) is 17.2 Å². The van der Waals surface area contributed by atoms with Gasteiger partial charge in [0.2, 0.25) is 11.7 Å². The number of aryl methyl sites for hydroxylation is 1. The molecule has 0 heterocycles. The monoisotopic (exact) mass is 429 g/mol. The van der Waals surface area contributed by atoms with Crippen LogP contribution in [0.3, 0.4) is 0 Å². The predicted molar refractivity (Wildman–Crippen MR) is 114 cm³/mol. The third-order valence-electron chi connectivity index (χ3n) is 5.25. The van der Waals surface area contributed by atoms with Crippen molar-refractivity contribution in [2.24, 2.45) is 0 Å². The van der Waals surface area contributed by atoms with Crippen LogP contribution in [0.15, 0.2) is 24.3 Å². The Morgan fingerprint density at radius 2 is 1.84 bits per heavy atom. The average Bonchev–Trinajstić information content (AvgIpc) is 2.92. The number of aliphatic hydroxyl groups is 1. The van der Waals surface area contributed by atoms with Gasteiger partial charge in [-0.15, -0.1) is 0 Å². The summed E-state index contributed by atoms with van der Waals surface area (Å²) in [5.41, 5.74) is 3.75. The van der Waals surface area contributed by atoms with E-state index in [4.69, 9.17) is 24.1 Å². The first kappa shape index (κ1) is 22.4. The molecule has 8 nitrogen and oxygen atoms in total. The molecular formula is C23H27NO7. The number of ether oxygens (including phenoxy) is 4. The highest BCUT2D eigenvalue weighted by molar-refractivity contribution is 5.92. The van der Waals surface area contributed by atoms with E-state index in [1.54, 1.807) is 33.5 Å². The maximum atomic E-state index is 12.4. The number of nitrogens with one attached hydrogen (secondary N) is 1. The van der Waals surface area contributed by atoms with Crippen LogP contribution in [0.25, 0.3) is 11.1 Å². The highest BCUT2D eigenvalue weighted by Crippen LogP contribution is 2.50. The lowest BCUT2D eigenvalue weighted by atomic mass is 9.92. The van der Waals surface area contributed by atoms with Gasteiger partial charge in [-0.3, -0.25) is 4.79 Å². The standard InChI is InChI=1S/C23H27NO7/c1-13(26)24-18-8-6-14-12-19(28-2)21(29-3)22(30-4)20(14)16-7-5-15(11-17(16)18)23(27)31-10-9-25/h5,7,11-12,18,25H,6,8-10H2,1-4H3,(H,24,26). The molecule has 0 spiro atoms. The maximum absolute atomic E-state index is 12.4. The zero-order chi connectivity index (χ0) is 22.5. The zero-order valence-corrected chi connectivity index (χ0v) is 18.1. The first-order chi connectivity index (χ1) is 14.9. The van der Waals surface area contributed by atoms with Gasteiger partial charge in [0.05, 0.1) is 39.5 Å². The third-order valence-corrected chi connectivity index (χ3v) is 5.25. The molecule has 2 aromatic carbocycles. The van der Waals surface area contributed by atoms with Crippen LogP contribution in [0.1, 0.15) is 40.9 Å². The summed E-state index contributed by atoms with van der Waals surface area (Å²) in [6, 6.07) is 6.81. The molecule has 0 saturated heterocycles. The van der Waals surface area contributed by atoms with Crippen LogP contribution in [-0.2, 0) is 16.0 Å². The van der Waals surface area contributed by atoms with Crippen molar-refractivity contribution in [2.45, 2.75) is 25.8 Å². The summed E-state index contributed by atoms with van der Waals surface area (Å²) < 4.78 is 21.8. The molecule has 1 aliphatic rings. The van der Waals surface area contributed by atoms with Crippen molar-refractivity contribution in [3.05, 3.63) is 41.0 Å². The van der Waals surface area contributed by atoms with Crippen molar-refractivity contribution >= 4 is 11.9 Å². The van der Waals surface area contributed by atoms with E-state index in [2.05, 4.69) is 5.32 Å². The number of carbonyl (C=O) groups excluding carboxylic acids is 2. The number of benzene rings is 2. The van der Waals surface area contributed by atoms with Gasteiger partial charge in [0.1, 0.15) is 6.61 Å². The van der Waals surface area contributed by atoms with Gasteiger partial charge in [-0.25, -0.2) is 4.79 Å². The largest absolute Gasteiger partial charge is 0.493 e. The van der Waals surface area contributed by atoms with E-state index in [0.29, 0.717) is 35.7 Å². The highest BCUT2D eigenvalue weighted by Gasteiger charge is 2.30. The van der Waals surface area contributed by atoms with Crippen molar-refractivity contribution in [1.82, 2.24) is 5.32 Å². The lowest BCUT2D eigenvalue weighted by Crippen LogP contribution is -2.26. The molecule has 3 rings (SSSR count). The summed E-state index contributed by atoms with van der Waals surface area (Å²) in [6.07, 6.45) is 1.27. The van der Waals surface area contributed by atoms with E-state index in [-0.39, 0.29) is 25.2 Å². The fourth-order valence-electron chi connectivity index (χ4n) is 3.98. The molecule has 0 aliphatic heterocycles. The van der Waals surface area contributed by atoms with Crippen LogP contribution in [0, 0.1) is 0 Å². The van der Waals surface area contributed by atoms with Crippen molar-refractivity contribution < 1.29 is 33.6 Å². The molecular weight excluding hydrogens is 402 g/mol. The van der Waals surface area contributed by atoms with Gasteiger partial charge in [-0.05, 0) is 47.7 Å². The minimum Gasteiger partial charge on any atom is -0.493 e. The van der Waals surface area contributed by atoms with Gasteiger partial charge >= 0.3 is 5.97 Å². The van der Waals surface area contributed by atoms with Crippen molar-refractivity contribution in [2.75, 3.05) is 34.5 Å². The van der Waals surface area contributed by atoms with Gasteiger partial charge in [0.15, 0.2) is 11.5 Å². The lowest BCUT2D eigenvalue weighted by Gasteiger charge is -2.21. The Balaban J connectivity index is 2.24. The number of methoxy groups -OCH3 is 3. The van der Waals surface area contributed by atoms with E-state index in [1.165, 1.54) is 6.92 Å². The second-order valence-electron chi connectivity index (χ2n) is 7.13. The number of hydrogen-bond acceptors (Lipinski definition) is 7. The van der Waals surface area contributed by atoms with E-state index >= 15 is 0 Å². The predicted octanol–water partition coefficient (Wildman–Crippen LogP) is 2.65. The topological polar surface area (TPSA) is 103 Å². The number of rotatable bonds is 7. The first-order valence-electron chi connectivity index (χ1n) is 9.96. The summed E-state index contributed by atoms with van der Waals surface area (Å²) >= 11 is 0. The van der Waals surface area contributed by atoms with Gasteiger partial charge in [0, 0.05) is 12.5 Å². The number of hydrogen-bond donors (Lipinski definition) is 2. The summed E-state index contributed by atoms with van der Waals surface area (Å²) in [7, 11) is 4.68. The number of carbonyl (C=O) groups is 2. The Morgan fingerprint density at radius 3 is 2.45 bits per heavy atom. The molecule has 1 atom stereocenters. The Hall–Kier alpha value is -3.26. The van der Waals surface area contributed by atoms with Crippen LogP contribution < -0.4 is 19.5 Å². The molecule has 1 amide bonds. The minimum atomic E-state index is -0.540. The van der Waals surface area contributed by atoms with Gasteiger partial charge < -0.3 is 29.4 Å². The summed E-state index contributed by atoms with van der Waals surface area (Å²) in [4.78, 5) is 24.3. The Morgan fingerprint density at radius 1 is 1.10 bits per heavy atom. The summed E-state index contributed by atoms with van der Waals surface area (Å²) in [5.74, 6) is 0.845. The fourth-order valence-corrected chi connectivity index (χ4v) is 3.98. The Kier molecular flexibility index (Phi) is 7.02. The van der Waals surface area contributed by atoms with E-state index in [9.17, 15) is 9.59 Å². The number of esters is 1. The second kappa shape index (κ2) is 9.70. The fraction of sp³-hybridized carbons (Fsp3) is 0.391. The normalized spacial score (nSPS) is 14.5. The SMILES string of the molecule is COc1cc2c(c(OC)c1OC)-c1ccc(C(=O)OCCO)cc1C(NC(C)=O)CC2. The molecule has 8 heteroatoms. The van der Waals surface area contributed by atoms with E-state index < -0.39 is 5.97 Å². The highest BCUT2D eigenvalue weighted by atomic mass is 16.5. The van der Waals surface area contributed by atoms with E-state index in [1.807, 2.05) is 12.1 Å².